The van der Waals surface area contributed by atoms with E-state index in [1.54, 1.807) is 0 Å². The lowest BCUT2D eigenvalue weighted by Crippen LogP contribution is -2.48. The Bertz CT molecular complexity index is 678. The summed E-state index contributed by atoms with van der Waals surface area (Å²) in [5.74, 6) is 0.209. The summed E-state index contributed by atoms with van der Waals surface area (Å²) in [5.41, 5.74) is 3.06. The predicted octanol–water partition coefficient (Wildman–Crippen LogP) is 2.45. The summed E-state index contributed by atoms with van der Waals surface area (Å²) in [6, 6.07) is 4.28. The fourth-order valence-electron chi connectivity index (χ4n) is 3.99. The fourth-order valence-corrected chi connectivity index (χ4v) is 4.46. The summed E-state index contributed by atoms with van der Waals surface area (Å²) < 4.78 is 0.913. The van der Waals surface area contributed by atoms with E-state index >= 15 is 0 Å². The van der Waals surface area contributed by atoms with Gasteiger partial charge in [-0.1, -0.05) is 15.9 Å². The lowest BCUT2D eigenvalue weighted by atomic mass is 9.89. The van der Waals surface area contributed by atoms with E-state index in [-0.39, 0.29) is 17.9 Å². The Morgan fingerprint density at radius 1 is 1.36 bits per heavy atom. The predicted molar refractivity (Wildman–Crippen MR) is 85.5 cm³/mol. The molecule has 0 spiro atoms. The van der Waals surface area contributed by atoms with Crippen molar-refractivity contribution in [2.24, 2.45) is 0 Å². The van der Waals surface area contributed by atoms with Crippen molar-refractivity contribution in [2.45, 2.75) is 24.8 Å². The lowest BCUT2D eigenvalue weighted by Gasteiger charge is -2.37. The zero-order chi connectivity index (χ0) is 15.4. The minimum Gasteiger partial charge on any atom is -0.465 e. The number of hydrogen-bond donors (Lipinski definition) is 2. The van der Waals surface area contributed by atoms with Gasteiger partial charge in [-0.05, 0) is 24.1 Å². The van der Waals surface area contributed by atoms with Crippen LogP contribution in [0.4, 0.5) is 16.2 Å². The zero-order valence-electron chi connectivity index (χ0n) is 11.9. The quantitative estimate of drug-likeness (QED) is 0.740. The van der Waals surface area contributed by atoms with E-state index in [0.29, 0.717) is 26.1 Å². The molecule has 1 fully saturated rings. The largest absolute Gasteiger partial charge is 0.465 e. The van der Waals surface area contributed by atoms with Gasteiger partial charge in [0.1, 0.15) is 0 Å². The molecule has 2 amide bonds. The minimum absolute atomic E-state index is 0.0363. The molecule has 0 aliphatic carbocycles. The third-order valence-electron chi connectivity index (χ3n) is 4.89. The number of nitrogens with one attached hydrogen (secondary N) is 1. The van der Waals surface area contributed by atoms with Crippen molar-refractivity contribution in [3.8, 4) is 0 Å². The van der Waals surface area contributed by atoms with Crippen LogP contribution in [-0.2, 0) is 4.79 Å². The molecular weight excluding hydrogens is 350 g/mol. The van der Waals surface area contributed by atoms with E-state index in [4.69, 9.17) is 0 Å². The van der Waals surface area contributed by atoms with Crippen LogP contribution in [0, 0.1) is 0 Å². The summed E-state index contributed by atoms with van der Waals surface area (Å²) in [7, 11) is 0. The Balaban J connectivity index is 1.81. The monoisotopic (exact) mass is 365 g/mol. The number of amides is 2. The Hall–Kier alpha value is -1.76. The smallest absolute Gasteiger partial charge is 0.407 e. The van der Waals surface area contributed by atoms with Gasteiger partial charge in [-0.3, -0.25) is 4.79 Å². The summed E-state index contributed by atoms with van der Waals surface area (Å²) in [5, 5.41) is 12.3. The minimum atomic E-state index is -0.853. The highest BCUT2D eigenvalue weighted by molar-refractivity contribution is 9.10. The molecule has 7 heteroatoms. The van der Waals surface area contributed by atoms with Crippen LogP contribution in [0.15, 0.2) is 16.6 Å². The summed E-state index contributed by atoms with van der Waals surface area (Å²) >= 11 is 3.51. The maximum absolute atomic E-state index is 11.9. The van der Waals surface area contributed by atoms with E-state index in [2.05, 4.69) is 32.2 Å². The molecule has 1 aromatic rings. The molecule has 0 saturated carbocycles. The number of halogens is 1. The molecular formula is C15H16BrN3O3. The first-order valence-electron chi connectivity index (χ1n) is 7.42. The molecule has 1 saturated heterocycles. The molecule has 116 valence electrons. The van der Waals surface area contributed by atoms with Crippen LogP contribution in [0.3, 0.4) is 0 Å². The normalized spacial score (nSPS) is 26.1. The number of rotatable bonds is 0. The highest BCUT2D eigenvalue weighted by Crippen LogP contribution is 2.50. The van der Waals surface area contributed by atoms with Gasteiger partial charge < -0.3 is 20.2 Å². The van der Waals surface area contributed by atoms with Crippen molar-refractivity contribution in [1.29, 1.82) is 0 Å². The van der Waals surface area contributed by atoms with Crippen LogP contribution in [-0.4, -0.2) is 47.7 Å². The van der Waals surface area contributed by atoms with E-state index in [9.17, 15) is 14.7 Å². The second-order valence-corrected chi connectivity index (χ2v) is 6.99. The van der Waals surface area contributed by atoms with Crippen LogP contribution in [0.1, 0.15) is 24.3 Å². The van der Waals surface area contributed by atoms with Gasteiger partial charge >= 0.3 is 6.09 Å². The Labute approximate surface area is 136 Å². The van der Waals surface area contributed by atoms with Crippen molar-refractivity contribution >= 4 is 39.3 Å². The number of carbonyl (C=O) groups excluding carboxylic acids is 1. The lowest BCUT2D eigenvalue weighted by molar-refractivity contribution is -0.116. The number of carbonyl (C=O) groups is 2. The third kappa shape index (κ3) is 1.99. The van der Waals surface area contributed by atoms with Crippen LogP contribution >= 0.6 is 15.9 Å². The molecule has 4 rings (SSSR count). The molecule has 3 aliphatic heterocycles. The molecule has 0 radical (unpaired) electrons. The first kappa shape index (κ1) is 13.9. The molecule has 22 heavy (non-hydrogen) atoms. The number of piperidine rings is 1. The Morgan fingerprint density at radius 2 is 2.18 bits per heavy atom. The number of likely N-dealkylation sites (tertiary alicyclic amines) is 1. The van der Waals surface area contributed by atoms with Crippen molar-refractivity contribution < 1.29 is 14.7 Å². The molecule has 2 atom stereocenters. The third-order valence-corrected chi connectivity index (χ3v) is 5.35. The molecule has 0 aromatic heterocycles. The van der Waals surface area contributed by atoms with Gasteiger partial charge in [0.05, 0.1) is 11.4 Å². The SMILES string of the molecule is O=C1CCN2c3c(cc(Br)cc3[C@@H]3CN(C(=O)O)CC[C@@H]32)N1. The first-order chi connectivity index (χ1) is 10.5. The van der Waals surface area contributed by atoms with Crippen molar-refractivity contribution in [2.75, 3.05) is 29.9 Å². The maximum Gasteiger partial charge on any atom is 0.407 e. The molecule has 1 aromatic carbocycles. The van der Waals surface area contributed by atoms with Gasteiger partial charge in [-0.2, -0.15) is 0 Å². The van der Waals surface area contributed by atoms with Gasteiger partial charge in [0.15, 0.2) is 0 Å². The molecule has 0 unspecified atom stereocenters. The fraction of sp³-hybridized carbons (Fsp3) is 0.467. The molecule has 3 aliphatic rings. The second-order valence-electron chi connectivity index (χ2n) is 6.07. The Kier molecular flexibility index (Phi) is 3.07. The van der Waals surface area contributed by atoms with Crippen LogP contribution in [0.25, 0.3) is 0 Å². The van der Waals surface area contributed by atoms with Crippen molar-refractivity contribution in [1.82, 2.24) is 4.90 Å². The number of carboxylic acid groups (broad SMARTS) is 1. The average molecular weight is 366 g/mol. The molecule has 0 bridgehead atoms. The Morgan fingerprint density at radius 3 is 2.95 bits per heavy atom. The maximum atomic E-state index is 11.9. The van der Waals surface area contributed by atoms with Gasteiger partial charge in [-0.15, -0.1) is 0 Å². The standard InChI is InChI=1S/C15H16BrN3O3/c16-8-5-9-10-7-18(15(21)22)3-1-12(10)19-4-2-13(20)17-11(6-8)14(9)19/h5-6,10,12H,1-4,7H2,(H,17,20)(H,21,22)/t10-,12-/m0/s1. The number of hydrogen-bond acceptors (Lipinski definition) is 3. The van der Waals surface area contributed by atoms with Crippen molar-refractivity contribution in [3.05, 3.63) is 22.2 Å². The first-order valence-corrected chi connectivity index (χ1v) is 8.21. The van der Waals surface area contributed by atoms with E-state index in [0.717, 1.165) is 27.8 Å². The van der Waals surface area contributed by atoms with Crippen molar-refractivity contribution in [3.63, 3.8) is 0 Å². The van der Waals surface area contributed by atoms with Gasteiger partial charge in [0, 0.05) is 42.5 Å². The van der Waals surface area contributed by atoms with Gasteiger partial charge in [0.2, 0.25) is 5.91 Å². The second kappa shape index (κ2) is 4.87. The number of nitrogens with zero attached hydrogens (tertiary/aromatic N) is 2. The topological polar surface area (TPSA) is 72.9 Å². The average Bonchev–Trinajstić information content (AvgIpc) is 2.67. The highest BCUT2D eigenvalue weighted by atomic mass is 79.9. The summed E-state index contributed by atoms with van der Waals surface area (Å²) in [4.78, 5) is 27.0. The zero-order valence-corrected chi connectivity index (χ0v) is 13.5. The molecule has 6 nitrogen and oxygen atoms in total. The van der Waals surface area contributed by atoms with E-state index in [1.165, 1.54) is 4.90 Å². The molecule has 2 N–H and O–H groups in total. The number of benzene rings is 1. The number of fused-ring (bicyclic) bond motifs is 3. The van der Waals surface area contributed by atoms with Crippen LogP contribution in [0.2, 0.25) is 0 Å². The van der Waals surface area contributed by atoms with Gasteiger partial charge in [-0.25, -0.2) is 4.79 Å². The number of anilines is 2. The van der Waals surface area contributed by atoms with E-state index < -0.39 is 6.09 Å². The van der Waals surface area contributed by atoms with Gasteiger partial charge in [0.25, 0.3) is 0 Å². The summed E-state index contributed by atoms with van der Waals surface area (Å²) in [6.45, 7) is 1.77. The van der Waals surface area contributed by atoms with Crippen LogP contribution < -0.4 is 10.2 Å². The van der Waals surface area contributed by atoms with Crippen LogP contribution in [0.5, 0.6) is 0 Å². The van der Waals surface area contributed by atoms with E-state index in [1.807, 2.05) is 6.07 Å². The highest BCUT2D eigenvalue weighted by Gasteiger charge is 2.45. The molecule has 3 heterocycles. The summed E-state index contributed by atoms with van der Waals surface area (Å²) in [6.07, 6.45) is 0.420.